The van der Waals surface area contributed by atoms with Crippen molar-refractivity contribution in [3.63, 3.8) is 0 Å². The highest BCUT2D eigenvalue weighted by molar-refractivity contribution is 5.97. The molecule has 0 amide bonds. The third kappa shape index (κ3) is 4.00. The summed E-state index contributed by atoms with van der Waals surface area (Å²) < 4.78 is 35.2. The van der Waals surface area contributed by atoms with Gasteiger partial charge in [-0.15, -0.1) is 0 Å². The summed E-state index contributed by atoms with van der Waals surface area (Å²) in [6.45, 7) is 1.80. The third-order valence-electron chi connectivity index (χ3n) is 1.17. The lowest BCUT2D eigenvalue weighted by Crippen LogP contribution is -2.20. The number of nitrogens with two attached hydrogens (primary N) is 1. The molecule has 0 bridgehead atoms. The van der Waals surface area contributed by atoms with Crippen molar-refractivity contribution in [2.75, 3.05) is 0 Å². The highest BCUT2D eigenvalue weighted by atomic mass is 19.4. The largest absolute Gasteiger partial charge is 0.432 e. The van der Waals surface area contributed by atoms with E-state index in [-0.39, 0.29) is 5.70 Å². The van der Waals surface area contributed by atoms with Gasteiger partial charge in [0.15, 0.2) is 0 Å². The maximum atomic E-state index is 11.7. The van der Waals surface area contributed by atoms with Crippen LogP contribution in [0.25, 0.3) is 0 Å². The quantitative estimate of drug-likeness (QED) is 0.643. The van der Waals surface area contributed by atoms with Crippen LogP contribution in [0.15, 0.2) is 11.8 Å². The number of rotatable bonds is 3. The number of nitrogens with one attached hydrogen (secondary N) is 1. The van der Waals surface area contributed by atoms with Crippen molar-refractivity contribution in [1.29, 1.82) is 5.41 Å². The van der Waals surface area contributed by atoms with Crippen LogP contribution in [-0.4, -0.2) is 11.9 Å². The molecule has 0 aromatic rings. The van der Waals surface area contributed by atoms with Gasteiger partial charge in [0.1, 0.15) is 5.71 Å². The van der Waals surface area contributed by atoms with Crippen LogP contribution < -0.4 is 5.73 Å². The summed E-state index contributed by atoms with van der Waals surface area (Å²) in [5.41, 5.74) is 3.90. The molecule has 0 aliphatic rings. The third-order valence-corrected chi connectivity index (χ3v) is 1.17. The zero-order valence-corrected chi connectivity index (χ0v) is 6.70. The standard InChI is InChI=1S/C7H11F3N2/c1-2-3-5(11)4-6(12)7(8,9)10/h4,12H,2-3,11H2,1H3/b5-4-,12-6?. The molecule has 0 aromatic heterocycles. The average molecular weight is 180 g/mol. The van der Waals surface area contributed by atoms with Gasteiger partial charge in [-0.2, -0.15) is 13.2 Å². The molecule has 2 nitrogen and oxygen atoms in total. The second-order valence-electron chi connectivity index (χ2n) is 2.38. The highest BCUT2D eigenvalue weighted by Gasteiger charge is 2.32. The molecule has 0 radical (unpaired) electrons. The average Bonchev–Trinajstić information content (AvgIpc) is 1.85. The van der Waals surface area contributed by atoms with Gasteiger partial charge in [-0.1, -0.05) is 13.3 Å². The first-order chi connectivity index (χ1) is 5.38. The van der Waals surface area contributed by atoms with Crippen LogP contribution in [0.3, 0.4) is 0 Å². The Bertz CT molecular complexity index is 193. The first-order valence-corrected chi connectivity index (χ1v) is 3.49. The van der Waals surface area contributed by atoms with Crippen LogP contribution in [-0.2, 0) is 0 Å². The molecule has 0 heterocycles. The second kappa shape index (κ2) is 4.13. The molecule has 0 saturated heterocycles. The summed E-state index contributed by atoms with van der Waals surface area (Å²) in [7, 11) is 0. The molecule has 0 fully saturated rings. The Morgan fingerprint density at radius 3 is 2.33 bits per heavy atom. The van der Waals surface area contributed by atoms with Crippen molar-refractivity contribution in [3.05, 3.63) is 11.8 Å². The summed E-state index contributed by atoms with van der Waals surface area (Å²) in [5, 5.41) is 6.57. The minimum absolute atomic E-state index is 0.0971. The van der Waals surface area contributed by atoms with Gasteiger partial charge in [0, 0.05) is 5.70 Å². The van der Waals surface area contributed by atoms with Crippen molar-refractivity contribution >= 4 is 5.71 Å². The van der Waals surface area contributed by atoms with E-state index in [2.05, 4.69) is 0 Å². The molecule has 70 valence electrons. The van der Waals surface area contributed by atoms with Gasteiger partial charge in [0.25, 0.3) is 0 Å². The lowest BCUT2D eigenvalue weighted by molar-refractivity contribution is -0.0584. The summed E-state index contributed by atoms with van der Waals surface area (Å²) >= 11 is 0. The van der Waals surface area contributed by atoms with E-state index in [1.54, 1.807) is 6.92 Å². The van der Waals surface area contributed by atoms with E-state index in [1.807, 2.05) is 0 Å². The molecule has 0 aromatic carbocycles. The van der Waals surface area contributed by atoms with E-state index in [0.29, 0.717) is 18.9 Å². The van der Waals surface area contributed by atoms with Crippen LogP contribution in [0, 0.1) is 5.41 Å². The van der Waals surface area contributed by atoms with Gasteiger partial charge in [-0.05, 0) is 12.5 Å². The Hall–Kier alpha value is -1.00. The van der Waals surface area contributed by atoms with Gasteiger partial charge >= 0.3 is 6.18 Å². The maximum Gasteiger partial charge on any atom is 0.432 e. The van der Waals surface area contributed by atoms with E-state index < -0.39 is 11.9 Å². The first kappa shape index (κ1) is 11.0. The predicted molar refractivity (Wildman–Crippen MR) is 41.0 cm³/mol. The molecule has 0 rings (SSSR count). The molecule has 0 spiro atoms. The van der Waals surface area contributed by atoms with E-state index in [4.69, 9.17) is 11.1 Å². The zero-order chi connectivity index (χ0) is 9.78. The number of hydrogen-bond donors (Lipinski definition) is 2. The van der Waals surface area contributed by atoms with Gasteiger partial charge in [0.2, 0.25) is 0 Å². The Morgan fingerprint density at radius 1 is 1.50 bits per heavy atom. The molecular formula is C7H11F3N2. The number of allylic oxidation sites excluding steroid dienone is 2. The van der Waals surface area contributed by atoms with Crippen molar-refractivity contribution < 1.29 is 13.2 Å². The number of hydrogen-bond acceptors (Lipinski definition) is 2. The number of halogens is 3. The predicted octanol–water partition coefficient (Wildman–Crippen LogP) is 2.21. The molecule has 0 saturated carbocycles. The van der Waals surface area contributed by atoms with E-state index in [1.165, 1.54) is 0 Å². The molecule has 0 aliphatic carbocycles. The summed E-state index contributed by atoms with van der Waals surface area (Å²) in [5.74, 6) is 0. The van der Waals surface area contributed by atoms with Crippen LogP contribution in [0.4, 0.5) is 13.2 Å². The smallest absolute Gasteiger partial charge is 0.402 e. The molecule has 5 heteroatoms. The minimum atomic E-state index is -4.58. The van der Waals surface area contributed by atoms with E-state index >= 15 is 0 Å². The van der Waals surface area contributed by atoms with Crippen LogP contribution in [0.5, 0.6) is 0 Å². The van der Waals surface area contributed by atoms with Crippen molar-refractivity contribution in [1.82, 2.24) is 0 Å². The van der Waals surface area contributed by atoms with Crippen LogP contribution >= 0.6 is 0 Å². The molecule has 12 heavy (non-hydrogen) atoms. The lowest BCUT2D eigenvalue weighted by atomic mass is 10.2. The molecular weight excluding hydrogens is 169 g/mol. The van der Waals surface area contributed by atoms with Gasteiger partial charge < -0.3 is 5.73 Å². The molecule has 0 atom stereocenters. The van der Waals surface area contributed by atoms with E-state index in [9.17, 15) is 13.2 Å². The normalized spacial score (nSPS) is 13.2. The summed E-state index contributed by atoms with van der Waals surface area (Å²) in [6, 6.07) is 0. The number of alkyl halides is 3. The van der Waals surface area contributed by atoms with Crippen molar-refractivity contribution in [2.45, 2.75) is 25.9 Å². The Morgan fingerprint density at radius 2 is 2.00 bits per heavy atom. The fourth-order valence-electron chi connectivity index (χ4n) is 0.628. The maximum absolute atomic E-state index is 11.7. The van der Waals surface area contributed by atoms with Crippen LogP contribution in [0.2, 0.25) is 0 Å². The van der Waals surface area contributed by atoms with Gasteiger partial charge in [-0.3, -0.25) is 5.41 Å². The lowest BCUT2D eigenvalue weighted by Gasteiger charge is -2.04. The first-order valence-electron chi connectivity index (χ1n) is 3.49. The Kier molecular flexibility index (Phi) is 3.79. The molecule has 0 unspecified atom stereocenters. The van der Waals surface area contributed by atoms with Gasteiger partial charge in [-0.25, -0.2) is 0 Å². The molecule has 0 aliphatic heterocycles. The zero-order valence-electron chi connectivity index (χ0n) is 6.70. The topological polar surface area (TPSA) is 49.9 Å². The van der Waals surface area contributed by atoms with E-state index in [0.717, 1.165) is 0 Å². The second-order valence-corrected chi connectivity index (χ2v) is 2.38. The SMILES string of the molecule is CCC/C(N)=C/C(=N)C(F)(F)F. The van der Waals surface area contributed by atoms with Crippen molar-refractivity contribution in [3.8, 4) is 0 Å². The fraction of sp³-hybridized carbons (Fsp3) is 0.571. The van der Waals surface area contributed by atoms with Crippen LogP contribution in [0.1, 0.15) is 19.8 Å². The molecule has 3 N–H and O–H groups in total. The Labute approximate surface area is 68.8 Å². The fourth-order valence-corrected chi connectivity index (χ4v) is 0.628. The van der Waals surface area contributed by atoms with Crippen molar-refractivity contribution in [2.24, 2.45) is 5.73 Å². The Balaban J connectivity index is 4.24. The monoisotopic (exact) mass is 180 g/mol. The summed E-state index contributed by atoms with van der Waals surface area (Å²) in [6.07, 6.45) is -2.87. The summed E-state index contributed by atoms with van der Waals surface area (Å²) in [4.78, 5) is 0. The van der Waals surface area contributed by atoms with Gasteiger partial charge in [0.05, 0.1) is 0 Å². The minimum Gasteiger partial charge on any atom is -0.402 e. The highest BCUT2D eigenvalue weighted by Crippen LogP contribution is 2.17.